The number of hydrogen-bond donors (Lipinski definition) is 0. The van der Waals surface area contributed by atoms with Gasteiger partial charge in [0.2, 0.25) is 11.9 Å². The Bertz CT molecular complexity index is 7350. The maximum absolute atomic E-state index is 6.82. The first-order valence-electron chi connectivity index (χ1n) is 36.1. The molecule has 0 aliphatic rings. The summed E-state index contributed by atoms with van der Waals surface area (Å²) in [6.07, 6.45) is 4.29. The van der Waals surface area contributed by atoms with Crippen LogP contribution >= 0.6 is 11.3 Å². The Hall–Kier alpha value is -14.5. The van der Waals surface area contributed by atoms with E-state index in [9.17, 15) is 0 Å². The lowest BCUT2D eigenvalue weighted by Crippen LogP contribution is -2.02. The summed E-state index contributed by atoms with van der Waals surface area (Å²) in [5.74, 6) is 1.19. The van der Waals surface area contributed by atoms with Crippen molar-refractivity contribution in [3.05, 3.63) is 340 Å². The van der Waals surface area contributed by atoms with Crippen LogP contribution in [0.2, 0.25) is 0 Å². The summed E-state index contributed by atoms with van der Waals surface area (Å²) in [4.78, 5) is 21.3. The van der Waals surface area contributed by atoms with Gasteiger partial charge in [-0.05, 0) is 150 Å². The summed E-state index contributed by atoms with van der Waals surface area (Å²) < 4.78 is 31.2. The first-order chi connectivity index (χ1) is 53.5. The number of rotatable bonds is 8. The number of hydrogen-bond acceptors (Lipinski definition) is 8. The third-order valence-electron chi connectivity index (χ3n) is 21.6. The maximum atomic E-state index is 6.82. The molecule has 10 aromatic heterocycles. The third kappa shape index (κ3) is 9.20. The molecule has 24 aromatic rings. The van der Waals surface area contributed by atoms with Crippen molar-refractivity contribution >= 4 is 163 Å². The molecule has 0 atom stereocenters. The molecule has 0 saturated heterocycles. The minimum atomic E-state index is 0.580. The van der Waals surface area contributed by atoms with Crippen molar-refractivity contribution in [2.75, 3.05) is 0 Å². The zero-order valence-corrected chi connectivity index (χ0v) is 58.4. The predicted octanol–water partition coefficient (Wildman–Crippen LogP) is 25.8. The molecule has 504 valence electrons. The molecule has 0 aliphatic carbocycles. The lowest BCUT2D eigenvalue weighted by molar-refractivity contribution is 0.632. The molecule has 12 heteroatoms. The third-order valence-corrected chi connectivity index (χ3v) is 22.8. The average Bonchev–Trinajstić information content (AvgIpc) is 1.56. The SMILES string of the molecule is c1ccc(-c2nc(-n3c4ccccc4c4cc(-c5ccc6c(ccn6-c6ccccc6)c5)ccc43)nc3c2oc2c3ccc3c4ccccc4oc32)cc1.c1ccc(-c2nc(-n3c4ccccc4c4cc(-c5ccc6c(ccn6-c6ccccc6)c5)ccc43)nc3c2oc2c3ccc3c4ccccc4sc32)cc1. The summed E-state index contributed by atoms with van der Waals surface area (Å²) in [6, 6.07) is 115. The highest BCUT2D eigenvalue weighted by Gasteiger charge is 2.27. The standard InChI is InChI=1S/C48H28N4O2.C48H28N4OS/c1-3-11-29(12-4-1)43-47-44(37-22-21-36-35-16-8-10-18-42(35)53-45(36)46(37)54-47)50-48(49-43)52-40-17-9-7-15-34(40)38-28-31(20-24-41(38)52)30-19-23-39-32(27-30)25-26-51(39)33-13-5-2-6-14-33;1-3-11-29(12-4-1)43-46-44(37-22-21-36-35-16-8-10-18-42(35)54-47(36)45(37)53-46)50-48(49-43)52-40-17-9-7-15-34(40)38-28-31(20-24-41(38)52)30-19-23-39-32(27-30)25-26-51(39)33-13-5-2-6-14-33/h2*1-28H. The molecule has 11 nitrogen and oxygen atoms in total. The van der Waals surface area contributed by atoms with Gasteiger partial charge in [-0.15, -0.1) is 11.3 Å². The van der Waals surface area contributed by atoms with Crippen molar-refractivity contribution < 1.29 is 13.3 Å². The largest absolute Gasteiger partial charge is 0.452 e. The molecule has 0 N–H and O–H groups in total. The van der Waals surface area contributed by atoms with Crippen molar-refractivity contribution in [1.82, 2.24) is 38.2 Å². The number of furan rings is 3. The Morgan fingerprint density at radius 2 is 0.657 bits per heavy atom. The second kappa shape index (κ2) is 23.5. The molecule has 0 radical (unpaired) electrons. The van der Waals surface area contributed by atoms with E-state index in [0.717, 1.165) is 143 Å². The maximum Gasteiger partial charge on any atom is 0.236 e. The Kier molecular flexibility index (Phi) is 13.1. The summed E-state index contributed by atoms with van der Waals surface area (Å²) in [7, 11) is 0. The minimum Gasteiger partial charge on any atom is -0.452 e. The van der Waals surface area contributed by atoms with E-state index in [1.165, 1.54) is 42.8 Å². The lowest BCUT2D eigenvalue weighted by Gasteiger charge is -2.10. The van der Waals surface area contributed by atoms with E-state index in [2.05, 4.69) is 298 Å². The minimum absolute atomic E-state index is 0.580. The Balaban J connectivity index is 0.000000130. The van der Waals surface area contributed by atoms with Gasteiger partial charge in [0.25, 0.3) is 0 Å². The first-order valence-corrected chi connectivity index (χ1v) is 37.0. The molecule has 24 rings (SSSR count). The Morgan fingerprint density at radius 1 is 0.250 bits per heavy atom. The number of thiophene rings is 1. The molecule has 0 aliphatic heterocycles. The van der Waals surface area contributed by atoms with E-state index in [0.29, 0.717) is 34.2 Å². The smallest absolute Gasteiger partial charge is 0.236 e. The second-order valence-electron chi connectivity index (χ2n) is 27.6. The fraction of sp³-hybridized carbons (Fsp3) is 0. The zero-order valence-electron chi connectivity index (χ0n) is 57.5. The molecule has 0 fully saturated rings. The van der Waals surface area contributed by atoms with Crippen molar-refractivity contribution in [3.63, 3.8) is 0 Å². The fourth-order valence-corrected chi connectivity index (χ4v) is 17.7. The first kappa shape index (κ1) is 60.0. The van der Waals surface area contributed by atoms with Crippen molar-refractivity contribution in [2.45, 2.75) is 0 Å². The van der Waals surface area contributed by atoms with Crippen LogP contribution in [0, 0.1) is 0 Å². The van der Waals surface area contributed by atoms with Gasteiger partial charge in [0, 0.05) is 98.8 Å². The zero-order chi connectivity index (χ0) is 70.7. The highest BCUT2D eigenvalue weighted by molar-refractivity contribution is 7.26. The van der Waals surface area contributed by atoms with Crippen molar-refractivity contribution in [2.24, 2.45) is 0 Å². The molecule has 108 heavy (non-hydrogen) atoms. The number of aromatic nitrogens is 8. The lowest BCUT2D eigenvalue weighted by atomic mass is 10.0. The van der Waals surface area contributed by atoms with E-state index < -0.39 is 0 Å². The van der Waals surface area contributed by atoms with E-state index in [4.69, 9.17) is 33.2 Å². The number of nitrogens with zero attached hydrogens (tertiary/aromatic N) is 8. The molecule has 0 unspecified atom stereocenters. The van der Waals surface area contributed by atoms with Gasteiger partial charge >= 0.3 is 0 Å². The molecule has 0 bridgehead atoms. The van der Waals surface area contributed by atoms with E-state index in [1.54, 1.807) is 11.3 Å². The average molecular weight is 1400 g/mol. The highest BCUT2D eigenvalue weighted by atomic mass is 32.1. The quantitative estimate of drug-likeness (QED) is 0.149. The van der Waals surface area contributed by atoms with Gasteiger partial charge in [0.1, 0.15) is 28.0 Å². The Labute approximate surface area is 618 Å². The molecule has 10 heterocycles. The van der Waals surface area contributed by atoms with Crippen LogP contribution in [-0.2, 0) is 0 Å². The van der Waals surface area contributed by atoms with Gasteiger partial charge in [0.05, 0.1) is 43.2 Å². The van der Waals surface area contributed by atoms with E-state index >= 15 is 0 Å². The van der Waals surface area contributed by atoms with Gasteiger partial charge in [-0.25, -0.2) is 19.9 Å². The monoisotopic (exact) mass is 1400 g/mol. The fourth-order valence-electron chi connectivity index (χ4n) is 16.5. The van der Waals surface area contributed by atoms with Crippen LogP contribution in [0.15, 0.2) is 353 Å². The summed E-state index contributed by atoms with van der Waals surface area (Å²) in [6.45, 7) is 0. The van der Waals surface area contributed by atoms with E-state index in [1.807, 2.05) is 60.7 Å². The van der Waals surface area contributed by atoms with Crippen LogP contribution in [-0.4, -0.2) is 38.2 Å². The van der Waals surface area contributed by atoms with Crippen LogP contribution in [0.3, 0.4) is 0 Å². The molecule has 0 spiro atoms. The van der Waals surface area contributed by atoms with Gasteiger partial charge < -0.3 is 22.4 Å². The van der Waals surface area contributed by atoms with Crippen molar-refractivity contribution in [3.8, 4) is 68.0 Å². The summed E-state index contributed by atoms with van der Waals surface area (Å²) in [5, 5.41) is 13.4. The molecule has 0 saturated carbocycles. The number of para-hydroxylation sites is 5. The summed E-state index contributed by atoms with van der Waals surface area (Å²) >= 11 is 1.77. The topological polar surface area (TPSA) is 111 Å². The molecule has 0 amide bonds. The Morgan fingerprint density at radius 3 is 1.20 bits per heavy atom. The number of fused-ring (bicyclic) bond motifs is 22. The van der Waals surface area contributed by atoms with Crippen molar-refractivity contribution in [1.29, 1.82) is 0 Å². The van der Waals surface area contributed by atoms with Crippen LogP contribution in [0.1, 0.15) is 0 Å². The summed E-state index contributed by atoms with van der Waals surface area (Å²) in [5.41, 5.74) is 22.9. The van der Waals surface area contributed by atoms with Gasteiger partial charge in [-0.3, -0.25) is 9.13 Å². The second-order valence-corrected chi connectivity index (χ2v) is 28.7. The number of benzene rings is 14. The highest BCUT2D eigenvalue weighted by Crippen LogP contribution is 2.47. The molecular formula is C96H56N8O3S. The predicted molar refractivity (Wildman–Crippen MR) is 443 cm³/mol. The van der Waals surface area contributed by atoms with Crippen LogP contribution in [0.4, 0.5) is 0 Å². The van der Waals surface area contributed by atoms with Gasteiger partial charge in [-0.2, -0.15) is 0 Å². The molecular weight excluding hydrogens is 1350 g/mol. The van der Waals surface area contributed by atoms with E-state index in [-0.39, 0.29) is 0 Å². The van der Waals surface area contributed by atoms with Crippen LogP contribution < -0.4 is 0 Å². The molecule has 14 aromatic carbocycles. The van der Waals surface area contributed by atoms with Gasteiger partial charge in [0.15, 0.2) is 27.9 Å². The normalized spacial score (nSPS) is 12.1. The van der Waals surface area contributed by atoms with Crippen LogP contribution in [0.25, 0.3) is 220 Å². The van der Waals surface area contributed by atoms with Gasteiger partial charge in [-0.1, -0.05) is 200 Å². The van der Waals surface area contributed by atoms with Crippen LogP contribution in [0.5, 0.6) is 0 Å².